The molecule has 0 spiro atoms. The second-order valence-electron chi connectivity index (χ2n) is 4.58. The summed E-state index contributed by atoms with van der Waals surface area (Å²) in [7, 11) is 0. The molecule has 5 heteroatoms. The molecule has 0 aromatic heterocycles. The van der Waals surface area contributed by atoms with Gasteiger partial charge in [-0.2, -0.15) is 0 Å². The molecule has 1 unspecified atom stereocenters. The molecule has 0 saturated heterocycles. The fourth-order valence-electron chi connectivity index (χ4n) is 1.99. The molecule has 0 saturated carbocycles. The fraction of sp³-hybridized carbons (Fsp3) is 0.200. The van der Waals surface area contributed by atoms with Crippen LogP contribution in [-0.2, 0) is 0 Å². The van der Waals surface area contributed by atoms with Gasteiger partial charge in [-0.05, 0) is 37.6 Å². The van der Waals surface area contributed by atoms with Gasteiger partial charge in [0.1, 0.15) is 23.3 Å². The molecule has 2 rings (SSSR count). The van der Waals surface area contributed by atoms with Gasteiger partial charge in [-0.25, -0.2) is 17.6 Å². The van der Waals surface area contributed by atoms with E-state index in [1.165, 1.54) is 19.9 Å². The molecular weight excluding hydrogens is 270 g/mol. The Morgan fingerprint density at radius 1 is 0.900 bits per heavy atom. The van der Waals surface area contributed by atoms with E-state index < -0.39 is 29.3 Å². The summed E-state index contributed by atoms with van der Waals surface area (Å²) in [5.41, 5.74) is -0.186. The fourth-order valence-corrected chi connectivity index (χ4v) is 1.99. The van der Waals surface area contributed by atoms with Crippen LogP contribution < -0.4 is 5.32 Å². The second-order valence-corrected chi connectivity index (χ2v) is 4.58. The van der Waals surface area contributed by atoms with Gasteiger partial charge in [-0.1, -0.05) is 6.07 Å². The van der Waals surface area contributed by atoms with Crippen LogP contribution in [-0.4, -0.2) is 0 Å². The lowest BCUT2D eigenvalue weighted by Crippen LogP contribution is -2.12. The van der Waals surface area contributed by atoms with Crippen LogP contribution in [0.3, 0.4) is 0 Å². The van der Waals surface area contributed by atoms with Gasteiger partial charge in [0.25, 0.3) is 0 Å². The quantitative estimate of drug-likeness (QED) is 0.803. The molecule has 1 atom stereocenters. The Kier molecular flexibility index (Phi) is 3.97. The zero-order valence-corrected chi connectivity index (χ0v) is 11.0. The average molecular weight is 283 g/mol. The van der Waals surface area contributed by atoms with Crippen molar-refractivity contribution in [3.05, 3.63) is 64.7 Å². The largest absolute Gasteiger partial charge is 0.376 e. The van der Waals surface area contributed by atoms with Crippen molar-refractivity contribution in [2.75, 3.05) is 5.32 Å². The van der Waals surface area contributed by atoms with Crippen molar-refractivity contribution >= 4 is 5.69 Å². The maximum Gasteiger partial charge on any atom is 0.146 e. The molecule has 2 aromatic rings. The first-order valence-electron chi connectivity index (χ1n) is 6.06. The smallest absolute Gasteiger partial charge is 0.146 e. The van der Waals surface area contributed by atoms with Crippen LogP contribution in [0.25, 0.3) is 0 Å². The molecular formula is C15H13F4N. The molecule has 1 N–H and O–H groups in total. The number of hydrogen-bond acceptors (Lipinski definition) is 1. The van der Waals surface area contributed by atoms with Gasteiger partial charge in [-0.15, -0.1) is 0 Å². The summed E-state index contributed by atoms with van der Waals surface area (Å²) in [6.07, 6.45) is 0. The normalized spacial score (nSPS) is 12.3. The van der Waals surface area contributed by atoms with Crippen molar-refractivity contribution in [1.29, 1.82) is 0 Å². The van der Waals surface area contributed by atoms with Crippen LogP contribution >= 0.6 is 0 Å². The lowest BCUT2D eigenvalue weighted by Gasteiger charge is -2.18. The topological polar surface area (TPSA) is 12.0 Å². The van der Waals surface area contributed by atoms with Gasteiger partial charge < -0.3 is 5.32 Å². The van der Waals surface area contributed by atoms with Crippen molar-refractivity contribution in [3.63, 3.8) is 0 Å². The zero-order valence-electron chi connectivity index (χ0n) is 11.0. The van der Waals surface area contributed by atoms with Crippen LogP contribution in [0.15, 0.2) is 30.3 Å². The summed E-state index contributed by atoms with van der Waals surface area (Å²) in [6, 6.07) is 4.63. The maximum absolute atomic E-state index is 13.7. The highest BCUT2D eigenvalue weighted by atomic mass is 19.1. The first-order chi connectivity index (χ1) is 9.40. The van der Waals surface area contributed by atoms with E-state index in [4.69, 9.17) is 0 Å². The van der Waals surface area contributed by atoms with Crippen molar-refractivity contribution in [2.24, 2.45) is 0 Å². The van der Waals surface area contributed by atoms with E-state index >= 15 is 0 Å². The van der Waals surface area contributed by atoms with Gasteiger partial charge >= 0.3 is 0 Å². The predicted molar refractivity (Wildman–Crippen MR) is 69.5 cm³/mol. The van der Waals surface area contributed by atoms with Crippen molar-refractivity contribution in [2.45, 2.75) is 19.9 Å². The van der Waals surface area contributed by atoms with Crippen LogP contribution in [0.5, 0.6) is 0 Å². The van der Waals surface area contributed by atoms with E-state index in [9.17, 15) is 17.6 Å². The number of aryl methyl sites for hydroxylation is 1. The van der Waals surface area contributed by atoms with Gasteiger partial charge in [-0.3, -0.25) is 0 Å². The summed E-state index contributed by atoms with van der Waals surface area (Å²) in [5.74, 6) is -2.74. The summed E-state index contributed by atoms with van der Waals surface area (Å²) in [6.45, 7) is 2.90. The molecule has 0 bridgehead atoms. The molecule has 1 nitrogen and oxygen atoms in total. The third-order valence-corrected chi connectivity index (χ3v) is 3.05. The summed E-state index contributed by atoms with van der Waals surface area (Å²) in [4.78, 5) is 0. The Morgan fingerprint density at radius 3 is 2.10 bits per heavy atom. The van der Waals surface area contributed by atoms with Crippen LogP contribution in [0.2, 0.25) is 0 Å². The third-order valence-electron chi connectivity index (χ3n) is 3.05. The predicted octanol–water partition coefficient (Wildman–Crippen LogP) is 4.72. The lowest BCUT2D eigenvalue weighted by atomic mass is 10.1. The minimum Gasteiger partial charge on any atom is -0.376 e. The van der Waals surface area contributed by atoms with Gasteiger partial charge in [0, 0.05) is 11.6 Å². The monoisotopic (exact) mass is 283 g/mol. The van der Waals surface area contributed by atoms with E-state index in [1.807, 2.05) is 0 Å². The molecule has 0 fully saturated rings. The van der Waals surface area contributed by atoms with E-state index in [0.29, 0.717) is 0 Å². The molecule has 0 aliphatic heterocycles. The number of nitrogens with one attached hydrogen (secondary N) is 1. The number of anilines is 1. The molecule has 0 amide bonds. The van der Waals surface area contributed by atoms with Crippen molar-refractivity contribution in [3.8, 4) is 0 Å². The maximum atomic E-state index is 13.7. The van der Waals surface area contributed by atoms with Gasteiger partial charge in [0.2, 0.25) is 0 Å². The van der Waals surface area contributed by atoms with Gasteiger partial charge in [0.05, 0.1) is 11.7 Å². The minimum atomic E-state index is -0.840. The molecule has 0 radical (unpaired) electrons. The standard InChI is InChI=1S/C15H13F4N/c1-8-6-13(19)14(7-12(8)18)20-9(2)15-10(16)4-3-5-11(15)17/h3-7,9,20H,1-2H3. The van der Waals surface area contributed by atoms with Crippen LogP contribution in [0, 0.1) is 30.2 Å². The van der Waals surface area contributed by atoms with E-state index in [2.05, 4.69) is 5.32 Å². The summed E-state index contributed by atoms with van der Waals surface area (Å²) < 4.78 is 54.3. The SMILES string of the molecule is Cc1cc(F)c(NC(C)c2c(F)cccc2F)cc1F. The van der Waals surface area contributed by atoms with Crippen molar-refractivity contribution < 1.29 is 17.6 Å². The Labute approximate surface area is 114 Å². The number of halogens is 4. The number of benzene rings is 2. The lowest BCUT2D eigenvalue weighted by molar-refractivity contribution is 0.542. The van der Waals surface area contributed by atoms with Crippen LogP contribution in [0.1, 0.15) is 24.1 Å². The van der Waals surface area contributed by atoms with E-state index in [-0.39, 0.29) is 16.8 Å². The Balaban J connectivity index is 2.33. The minimum absolute atomic E-state index is 0.136. The van der Waals surface area contributed by atoms with Gasteiger partial charge in [0.15, 0.2) is 0 Å². The molecule has 20 heavy (non-hydrogen) atoms. The zero-order chi connectivity index (χ0) is 14.9. The highest BCUT2D eigenvalue weighted by Crippen LogP contribution is 2.27. The molecule has 0 aliphatic carbocycles. The Bertz CT molecular complexity index is 620. The number of hydrogen-bond donors (Lipinski definition) is 1. The second kappa shape index (κ2) is 5.53. The molecule has 106 valence electrons. The Morgan fingerprint density at radius 2 is 1.50 bits per heavy atom. The third kappa shape index (κ3) is 2.76. The van der Waals surface area contributed by atoms with Crippen LogP contribution in [0.4, 0.5) is 23.2 Å². The van der Waals surface area contributed by atoms with E-state index in [1.54, 1.807) is 0 Å². The first kappa shape index (κ1) is 14.4. The highest BCUT2D eigenvalue weighted by Gasteiger charge is 2.17. The molecule has 0 aliphatic rings. The summed E-state index contributed by atoms with van der Waals surface area (Å²) in [5, 5.41) is 2.58. The Hall–Kier alpha value is -2.04. The average Bonchev–Trinajstić information content (AvgIpc) is 2.35. The summed E-state index contributed by atoms with van der Waals surface area (Å²) >= 11 is 0. The highest BCUT2D eigenvalue weighted by molar-refractivity contribution is 5.49. The molecule has 0 heterocycles. The number of rotatable bonds is 3. The molecule has 2 aromatic carbocycles. The van der Waals surface area contributed by atoms with E-state index in [0.717, 1.165) is 24.3 Å². The van der Waals surface area contributed by atoms with Crippen molar-refractivity contribution in [1.82, 2.24) is 0 Å². The first-order valence-corrected chi connectivity index (χ1v) is 6.06.